The van der Waals surface area contributed by atoms with Crippen molar-refractivity contribution >= 4 is 0 Å². The summed E-state index contributed by atoms with van der Waals surface area (Å²) in [6.07, 6.45) is 100. The highest BCUT2D eigenvalue weighted by molar-refractivity contribution is 4.96. The zero-order valence-corrected chi connectivity index (χ0v) is 64.3. The molecular weight excluding hydrogens is 1090 g/mol. The lowest BCUT2D eigenvalue weighted by Gasteiger charge is -2.54. The van der Waals surface area contributed by atoms with E-state index in [0.717, 1.165) is 23.7 Å². The molecule has 1 aliphatic rings. The lowest BCUT2D eigenvalue weighted by atomic mass is 9.51. The molecule has 0 radical (unpaired) electrons. The third-order valence-corrected chi connectivity index (χ3v) is 24.4. The number of unbranched alkanes of at least 4 members (excludes halogenated alkanes) is 46. The van der Waals surface area contributed by atoms with Gasteiger partial charge in [0.2, 0.25) is 0 Å². The van der Waals surface area contributed by atoms with Gasteiger partial charge in [-0.15, -0.1) is 0 Å². The molecule has 0 amide bonds. The van der Waals surface area contributed by atoms with E-state index in [1.54, 1.807) is 25.7 Å². The summed E-state index contributed by atoms with van der Waals surface area (Å²) in [6.45, 7) is 19.6. The van der Waals surface area contributed by atoms with Crippen molar-refractivity contribution in [2.45, 2.75) is 511 Å². The molecule has 0 aromatic heterocycles. The Hall–Kier alpha value is -0.0800. The van der Waals surface area contributed by atoms with E-state index in [9.17, 15) is 10.2 Å². The fourth-order valence-corrected chi connectivity index (χ4v) is 18.1. The van der Waals surface area contributed by atoms with Crippen molar-refractivity contribution in [1.29, 1.82) is 0 Å². The SMILES string of the molecule is CCCCCCCCCC1C(CCCCCCCCCCCCCCC(CO)(CCCCC)CCCCC)C(CCCCCCCCC)C1CCCCCCCCCCCCCCC(CCCCC)(CCCCC)CCCC(CO)(CCCCC)CCCCC. The van der Waals surface area contributed by atoms with Crippen LogP contribution in [0.3, 0.4) is 0 Å². The van der Waals surface area contributed by atoms with E-state index >= 15 is 0 Å². The van der Waals surface area contributed by atoms with Crippen LogP contribution in [0.15, 0.2) is 0 Å². The molecule has 2 nitrogen and oxygen atoms in total. The zero-order chi connectivity index (χ0) is 65.4. The van der Waals surface area contributed by atoms with Crippen molar-refractivity contribution in [3.8, 4) is 0 Å². The number of aliphatic hydroxyl groups is 2. The summed E-state index contributed by atoms with van der Waals surface area (Å²) < 4.78 is 0. The first-order chi connectivity index (χ1) is 44.3. The van der Waals surface area contributed by atoms with Gasteiger partial charge in [-0.3, -0.25) is 0 Å². The van der Waals surface area contributed by atoms with Crippen LogP contribution in [0.5, 0.6) is 0 Å². The predicted octanol–water partition coefficient (Wildman–Crippen LogP) is 31.3. The van der Waals surface area contributed by atoms with Crippen molar-refractivity contribution in [2.24, 2.45) is 39.9 Å². The largest absolute Gasteiger partial charge is 0.396 e. The van der Waals surface area contributed by atoms with E-state index in [2.05, 4.69) is 55.4 Å². The van der Waals surface area contributed by atoms with Crippen LogP contribution < -0.4 is 0 Å². The molecule has 1 saturated carbocycles. The molecule has 2 heteroatoms. The minimum atomic E-state index is 0.176. The summed E-state index contributed by atoms with van der Waals surface area (Å²) in [7, 11) is 0. The van der Waals surface area contributed by atoms with Gasteiger partial charge in [0.05, 0.1) is 0 Å². The van der Waals surface area contributed by atoms with E-state index < -0.39 is 0 Å². The molecule has 90 heavy (non-hydrogen) atoms. The second-order valence-electron chi connectivity index (χ2n) is 32.5. The van der Waals surface area contributed by atoms with Crippen LogP contribution in [0.4, 0.5) is 0 Å². The molecule has 540 valence electrons. The van der Waals surface area contributed by atoms with Crippen LogP contribution in [-0.2, 0) is 0 Å². The van der Waals surface area contributed by atoms with Crippen LogP contribution in [0.1, 0.15) is 511 Å². The topological polar surface area (TPSA) is 40.5 Å². The van der Waals surface area contributed by atoms with E-state index in [1.165, 1.54) is 430 Å². The van der Waals surface area contributed by atoms with Crippen LogP contribution in [0.2, 0.25) is 0 Å². The first-order valence-corrected chi connectivity index (χ1v) is 43.5. The van der Waals surface area contributed by atoms with Crippen molar-refractivity contribution in [1.82, 2.24) is 0 Å². The minimum Gasteiger partial charge on any atom is -0.396 e. The van der Waals surface area contributed by atoms with Gasteiger partial charge < -0.3 is 10.2 Å². The maximum absolute atomic E-state index is 10.9. The number of hydrogen-bond donors (Lipinski definition) is 2. The standard InChI is InChI=1S/C88H176O2/c1-9-17-25-27-41-47-53-66-82-84(83(67-54-48-42-28-26-18-10-2)85(82)69-56-50-44-38-34-30-32-36-40-46-52-64-77-87(80-89,73-59-21-13-5)74-60-22-14-6)68-55-49-43-37-33-29-31-35-39-45-51-63-72-86(70-57-19-11-3,71-58-20-12-4)78-65-79-88(81-90,75-61-23-15-7)76-62-24-16-8/h82-85,89-90H,9-81H2,1-8H3. The molecule has 1 fully saturated rings. The molecule has 1 aliphatic carbocycles. The van der Waals surface area contributed by atoms with Crippen LogP contribution >= 0.6 is 0 Å². The first kappa shape index (κ1) is 87.9. The average Bonchev–Trinajstić information content (AvgIpc) is 0.831. The highest BCUT2D eigenvalue weighted by atomic mass is 16.3. The third kappa shape index (κ3) is 46.2. The summed E-state index contributed by atoms with van der Waals surface area (Å²) in [6, 6.07) is 0. The van der Waals surface area contributed by atoms with Crippen LogP contribution in [0.25, 0.3) is 0 Å². The van der Waals surface area contributed by atoms with Gasteiger partial charge in [0, 0.05) is 13.2 Å². The normalized spacial score (nSPS) is 16.5. The Balaban J connectivity index is 2.64. The second kappa shape index (κ2) is 64.9. The Morgan fingerprint density at radius 1 is 0.156 bits per heavy atom. The van der Waals surface area contributed by atoms with Gasteiger partial charge in [-0.05, 0) is 130 Å². The predicted molar refractivity (Wildman–Crippen MR) is 409 cm³/mol. The molecule has 2 atom stereocenters. The molecule has 0 aromatic rings. The fraction of sp³-hybridized carbons (Fsp3) is 1.00. The Morgan fingerprint density at radius 2 is 0.289 bits per heavy atom. The van der Waals surface area contributed by atoms with Crippen LogP contribution in [0, 0.1) is 39.9 Å². The molecule has 0 aromatic carbocycles. The zero-order valence-electron chi connectivity index (χ0n) is 64.3. The first-order valence-electron chi connectivity index (χ1n) is 43.5. The molecule has 0 heterocycles. The smallest absolute Gasteiger partial charge is 0.0487 e. The quantitative estimate of drug-likeness (QED) is 0.0596. The van der Waals surface area contributed by atoms with Crippen molar-refractivity contribution in [2.75, 3.05) is 13.2 Å². The van der Waals surface area contributed by atoms with Crippen molar-refractivity contribution in [3.05, 3.63) is 0 Å². The van der Waals surface area contributed by atoms with Gasteiger partial charge in [-0.2, -0.15) is 0 Å². The van der Waals surface area contributed by atoms with E-state index in [4.69, 9.17) is 0 Å². The average molecular weight is 1270 g/mol. The monoisotopic (exact) mass is 1270 g/mol. The lowest BCUT2D eigenvalue weighted by Crippen LogP contribution is -2.46. The number of aliphatic hydroxyl groups excluding tert-OH is 2. The van der Waals surface area contributed by atoms with Crippen molar-refractivity contribution < 1.29 is 10.2 Å². The summed E-state index contributed by atoms with van der Waals surface area (Å²) in [5.41, 5.74) is 0.934. The van der Waals surface area contributed by atoms with E-state index in [-0.39, 0.29) is 10.8 Å². The Morgan fingerprint density at radius 3 is 0.489 bits per heavy atom. The van der Waals surface area contributed by atoms with Gasteiger partial charge in [-0.1, -0.05) is 421 Å². The number of hydrogen-bond acceptors (Lipinski definition) is 2. The molecular formula is C88H176O2. The highest BCUT2D eigenvalue weighted by Crippen LogP contribution is 2.55. The summed E-state index contributed by atoms with van der Waals surface area (Å²) in [5, 5.41) is 21.4. The lowest BCUT2D eigenvalue weighted by molar-refractivity contribution is -0.0486. The Kier molecular flexibility index (Phi) is 63.4. The second-order valence-corrected chi connectivity index (χ2v) is 32.5. The fourth-order valence-electron chi connectivity index (χ4n) is 18.1. The Bertz CT molecular complexity index is 1330. The van der Waals surface area contributed by atoms with E-state index in [1.807, 2.05) is 0 Å². The van der Waals surface area contributed by atoms with Gasteiger partial charge in [0.1, 0.15) is 0 Å². The van der Waals surface area contributed by atoms with Crippen molar-refractivity contribution in [3.63, 3.8) is 0 Å². The molecule has 0 aliphatic heterocycles. The van der Waals surface area contributed by atoms with Gasteiger partial charge in [0.15, 0.2) is 0 Å². The molecule has 2 unspecified atom stereocenters. The minimum absolute atomic E-state index is 0.176. The van der Waals surface area contributed by atoms with Gasteiger partial charge in [-0.25, -0.2) is 0 Å². The molecule has 0 spiro atoms. The molecule has 2 N–H and O–H groups in total. The Labute approximate surface area is 571 Å². The summed E-state index contributed by atoms with van der Waals surface area (Å²) in [5.74, 6) is 4.19. The van der Waals surface area contributed by atoms with E-state index in [0.29, 0.717) is 18.6 Å². The molecule has 1 rings (SSSR count). The summed E-state index contributed by atoms with van der Waals surface area (Å²) in [4.78, 5) is 0. The highest BCUT2D eigenvalue weighted by Gasteiger charge is 2.47. The molecule has 0 bridgehead atoms. The molecule has 0 saturated heterocycles. The third-order valence-electron chi connectivity index (χ3n) is 24.4. The van der Waals surface area contributed by atoms with Gasteiger partial charge in [0.25, 0.3) is 0 Å². The maximum Gasteiger partial charge on any atom is 0.0487 e. The maximum atomic E-state index is 10.9. The summed E-state index contributed by atoms with van der Waals surface area (Å²) >= 11 is 0. The number of rotatable bonds is 76. The van der Waals surface area contributed by atoms with Gasteiger partial charge >= 0.3 is 0 Å². The van der Waals surface area contributed by atoms with Crippen LogP contribution in [-0.4, -0.2) is 23.4 Å².